The summed E-state index contributed by atoms with van der Waals surface area (Å²) in [7, 11) is -3.72. The number of benzene rings is 4. The van der Waals surface area contributed by atoms with E-state index in [2.05, 4.69) is 20.7 Å². The summed E-state index contributed by atoms with van der Waals surface area (Å²) in [4.78, 5) is 0.254. The predicted octanol–water partition coefficient (Wildman–Crippen LogP) is 5.67. The van der Waals surface area contributed by atoms with Crippen molar-refractivity contribution in [2.75, 3.05) is 0 Å². The fourth-order valence-corrected chi connectivity index (χ4v) is 4.70. The summed E-state index contributed by atoms with van der Waals surface area (Å²) in [6.45, 7) is 0. The van der Waals surface area contributed by atoms with Crippen LogP contribution in [0.3, 0.4) is 0 Å². The third kappa shape index (κ3) is 4.02. The van der Waals surface area contributed by atoms with Crippen molar-refractivity contribution in [2.24, 2.45) is 0 Å². The third-order valence-corrected chi connectivity index (χ3v) is 6.59. The van der Waals surface area contributed by atoms with Gasteiger partial charge in [-0.15, -0.1) is 0 Å². The van der Waals surface area contributed by atoms with E-state index in [0.29, 0.717) is 0 Å². The van der Waals surface area contributed by atoms with Crippen LogP contribution in [-0.4, -0.2) is 8.42 Å². The molecule has 0 aliphatic rings. The van der Waals surface area contributed by atoms with Crippen LogP contribution in [0.25, 0.3) is 10.8 Å². The lowest BCUT2D eigenvalue weighted by Gasteiger charge is -2.20. The van der Waals surface area contributed by atoms with Crippen molar-refractivity contribution in [1.29, 1.82) is 0 Å². The van der Waals surface area contributed by atoms with E-state index in [0.717, 1.165) is 26.4 Å². The standard InChI is InChI=1S/C23H18BrNO2S/c24-21-13-10-19(11-14-21)23(18-7-2-1-3-8-18)25-28(26,27)22-15-12-17-6-4-5-9-20(17)16-22/h1-16,23,25H. The van der Waals surface area contributed by atoms with Crippen LogP contribution >= 0.6 is 15.9 Å². The summed E-state index contributed by atoms with van der Waals surface area (Å²) in [5.74, 6) is 0. The molecule has 0 fully saturated rings. The van der Waals surface area contributed by atoms with Crippen LogP contribution in [0.1, 0.15) is 17.2 Å². The molecule has 0 heterocycles. The van der Waals surface area contributed by atoms with Gasteiger partial charge in [0.15, 0.2) is 0 Å². The monoisotopic (exact) mass is 451 g/mol. The minimum absolute atomic E-state index is 0.254. The summed E-state index contributed by atoms with van der Waals surface area (Å²) in [6, 6.07) is 29.7. The van der Waals surface area contributed by atoms with Gasteiger partial charge in [-0.3, -0.25) is 0 Å². The van der Waals surface area contributed by atoms with Gasteiger partial charge in [0.1, 0.15) is 0 Å². The average molecular weight is 452 g/mol. The van der Waals surface area contributed by atoms with Crippen LogP contribution < -0.4 is 4.72 Å². The fourth-order valence-electron chi connectivity index (χ4n) is 3.19. The molecule has 4 rings (SSSR count). The molecule has 140 valence electrons. The van der Waals surface area contributed by atoms with Crippen molar-refractivity contribution < 1.29 is 8.42 Å². The van der Waals surface area contributed by atoms with Crippen molar-refractivity contribution in [1.82, 2.24) is 4.72 Å². The van der Waals surface area contributed by atoms with Crippen LogP contribution in [0.5, 0.6) is 0 Å². The largest absolute Gasteiger partial charge is 0.241 e. The smallest absolute Gasteiger partial charge is 0.207 e. The lowest BCUT2D eigenvalue weighted by molar-refractivity contribution is 0.572. The van der Waals surface area contributed by atoms with E-state index in [1.807, 2.05) is 84.9 Å². The Morgan fingerprint density at radius 1 is 0.679 bits per heavy atom. The second kappa shape index (κ2) is 7.87. The molecule has 1 unspecified atom stereocenters. The average Bonchev–Trinajstić information content (AvgIpc) is 2.73. The Hall–Kier alpha value is -2.47. The first-order chi connectivity index (χ1) is 13.5. The highest BCUT2D eigenvalue weighted by Gasteiger charge is 2.23. The maximum absolute atomic E-state index is 13.2. The highest BCUT2D eigenvalue weighted by atomic mass is 79.9. The maximum atomic E-state index is 13.2. The molecule has 0 aliphatic heterocycles. The zero-order valence-electron chi connectivity index (χ0n) is 14.9. The molecule has 4 aromatic rings. The van der Waals surface area contributed by atoms with Gasteiger partial charge in [-0.1, -0.05) is 88.7 Å². The summed E-state index contributed by atoms with van der Waals surface area (Å²) in [5.41, 5.74) is 1.76. The molecule has 4 aromatic carbocycles. The second-order valence-corrected chi connectivity index (χ2v) is 9.16. The maximum Gasteiger partial charge on any atom is 0.241 e. The van der Waals surface area contributed by atoms with Gasteiger partial charge in [0.25, 0.3) is 0 Å². The molecule has 5 heteroatoms. The Morgan fingerprint density at radius 3 is 2.00 bits per heavy atom. The SMILES string of the molecule is O=S(=O)(NC(c1ccccc1)c1ccc(Br)cc1)c1ccc2ccccc2c1. The number of hydrogen-bond donors (Lipinski definition) is 1. The van der Waals surface area contributed by atoms with E-state index in [4.69, 9.17) is 0 Å². The van der Waals surface area contributed by atoms with Crippen molar-refractivity contribution >= 4 is 36.7 Å². The zero-order chi connectivity index (χ0) is 19.6. The molecule has 0 radical (unpaired) electrons. The van der Waals surface area contributed by atoms with Gasteiger partial charge in [0.2, 0.25) is 10.0 Å². The van der Waals surface area contributed by atoms with Crippen LogP contribution in [0, 0.1) is 0 Å². The predicted molar refractivity (Wildman–Crippen MR) is 117 cm³/mol. The van der Waals surface area contributed by atoms with Crippen LogP contribution in [0.15, 0.2) is 106 Å². The molecule has 0 aliphatic carbocycles. The third-order valence-electron chi connectivity index (χ3n) is 4.64. The van der Waals surface area contributed by atoms with E-state index in [9.17, 15) is 8.42 Å². The molecule has 28 heavy (non-hydrogen) atoms. The van der Waals surface area contributed by atoms with Crippen LogP contribution in [-0.2, 0) is 10.0 Å². The van der Waals surface area contributed by atoms with Gasteiger partial charge in [0, 0.05) is 4.47 Å². The number of rotatable bonds is 5. The molecule has 3 nitrogen and oxygen atoms in total. The molecular formula is C23H18BrNO2S. The van der Waals surface area contributed by atoms with E-state index in [-0.39, 0.29) is 4.90 Å². The lowest BCUT2D eigenvalue weighted by Crippen LogP contribution is -2.29. The Bertz CT molecular complexity index is 1210. The molecule has 1 N–H and O–H groups in total. The normalized spacial score (nSPS) is 12.8. The fraction of sp³-hybridized carbons (Fsp3) is 0.0435. The van der Waals surface area contributed by atoms with Crippen LogP contribution in [0.2, 0.25) is 0 Å². The topological polar surface area (TPSA) is 46.2 Å². The summed E-state index contributed by atoms with van der Waals surface area (Å²) >= 11 is 3.43. The minimum atomic E-state index is -3.72. The Morgan fingerprint density at radius 2 is 1.29 bits per heavy atom. The number of nitrogens with one attached hydrogen (secondary N) is 1. The first-order valence-corrected chi connectivity index (χ1v) is 11.1. The first-order valence-electron chi connectivity index (χ1n) is 8.84. The Labute approximate surface area is 173 Å². The van der Waals surface area contributed by atoms with Crippen molar-refractivity contribution in [3.63, 3.8) is 0 Å². The van der Waals surface area contributed by atoms with Gasteiger partial charge < -0.3 is 0 Å². The number of fused-ring (bicyclic) bond motifs is 1. The Balaban J connectivity index is 1.75. The summed E-state index contributed by atoms with van der Waals surface area (Å²) < 4.78 is 30.2. The van der Waals surface area contributed by atoms with Crippen LogP contribution in [0.4, 0.5) is 0 Å². The summed E-state index contributed by atoms with van der Waals surface area (Å²) in [6.07, 6.45) is 0. The molecule has 0 spiro atoms. The quantitative estimate of drug-likeness (QED) is 0.424. The number of hydrogen-bond acceptors (Lipinski definition) is 2. The molecule has 0 amide bonds. The van der Waals surface area contributed by atoms with Gasteiger partial charge >= 0.3 is 0 Å². The molecule has 0 saturated carbocycles. The van der Waals surface area contributed by atoms with Gasteiger partial charge in [-0.25, -0.2) is 8.42 Å². The Kier molecular flexibility index (Phi) is 5.31. The molecule has 0 aromatic heterocycles. The lowest BCUT2D eigenvalue weighted by atomic mass is 10.00. The zero-order valence-corrected chi connectivity index (χ0v) is 17.3. The molecule has 1 atom stereocenters. The second-order valence-electron chi connectivity index (χ2n) is 6.53. The van der Waals surface area contributed by atoms with E-state index < -0.39 is 16.1 Å². The first kappa shape index (κ1) is 18.9. The number of halogens is 1. The highest BCUT2D eigenvalue weighted by molar-refractivity contribution is 9.10. The van der Waals surface area contributed by atoms with E-state index in [1.165, 1.54) is 0 Å². The van der Waals surface area contributed by atoms with Gasteiger partial charge in [-0.2, -0.15) is 4.72 Å². The summed E-state index contributed by atoms with van der Waals surface area (Å²) in [5, 5.41) is 1.90. The van der Waals surface area contributed by atoms with Gasteiger partial charge in [0.05, 0.1) is 10.9 Å². The van der Waals surface area contributed by atoms with Crippen molar-refractivity contribution in [2.45, 2.75) is 10.9 Å². The molecule has 0 bridgehead atoms. The van der Waals surface area contributed by atoms with E-state index in [1.54, 1.807) is 12.1 Å². The molecule has 0 saturated heterocycles. The van der Waals surface area contributed by atoms with Gasteiger partial charge in [-0.05, 0) is 46.2 Å². The van der Waals surface area contributed by atoms with E-state index >= 15 is 0 Å². The van der Waals surface area contributed by atoms with Crippen molar-refractivity contribution in [3.8, 4) is 0 Å². The highest BCUT2D eigenvalue weighted by Crippen LogP contribution is 2.27. The molecular weight excluding hydrogens is 434 g/mol. The minimum Gasteiger partial charge on any atom is -0.207 e. The van der Waals surface area contributed by atoms with Crippen molar-refractivity contribution in [3.05, 3.63) is 113 Å². The number of sulfonamides is 1.